The maximum atomic E-state index is 13.2. The summed E-state index contributed by atoms with van der Waals surface area (Å²) in [6, 6.07) is 10.8. The van der Waals surface area contributed by atoms with E-state index < -0.39 is 23.8 Å². The van der Waals surface area contributed by atoms with Crippen LogP contribution in [0, 0.1) is 6.92 Å². The molecule has 1 saturated heterocycles. The third kappa shape index (κ3) is 9.60. The minimum absolute atomic E-state index is 0.0473. The van der Waals surface area contributed by atoms with Crippen molar-refractivity contribution in [3.05, 3.63) is 64.2 Å². The summed E-state index contributed by atoms with van der Waals surface area (Å²) in [6.45, 7) is 11.5. The molecule has 2 amide bonds. The predicted octanol–water partition coefficient (Wildman–Crippen LogP) is 7.00. The van der Waals surface area contributed by atoms with Gasteiger partial charge in [0.2, 0.25) is 0 Å². The number of aryl methyl sites for hydroxylation is 1. The highest BCUT2D eigenvalue weighted by Crippen LogP contribution is 2.36. The van der Waals surface area contributed by atoms with Crippen LogP contribution in [0.5, 0.6) is 5.75 Å². The Kier molecular flexibility index (Phi) is 12.2. The monoisotopic (exact) mass is 664 g/mol. The first kappa shape index (κ1) is 34.6. The van der Waals surface area contributed by atoms with Crippen molar-refractivity contribution in [3.63, 3.8) is 0 Å². The van der Waals surface area contributed by atoms with Crippen molar-refractivity contribution in [2.24, 2.45) is 0 Å². The number of urea groups is 1. The third-order valence-electron chi connectivity index (χ3n) is 7.24. The molecule has 4 rings (SSSR count). The van der Waals surface area contributed by atoms with Crippen LogP contribution in [0.2, 0.25) is 0 Å². The first-order chi connectivity index (χ1) is 21.5. The van der Waals surface area contributed by atoms with Crippen LogP contribution in [0.1, 0.15) is 48.9 Å². The molecule has 1 aliphatic heterocycles. The van der Waals surface area contributed by atoms with Gasteiger partial charge in [-0.1, -0.05) is 19.1 Å². The second-order valence-corrected chi connectivity index (χ2v) is 12.8. The van der Waals surface area contributed by atoms with Crippen molar-refractivity contribution >= 4 is 35.1 Å². The van der Waals surface area contributed by atoms with Crippen LogP contribution in [0.15, 0.2) is 47.4 Å². The lowest BCUT2D eigenvalue weighted by atomic mass is 10.1. The van der Waals surface area contributed by atoms with Crippen molar-refractivity contribution in [2.45, 2.75) is 63.6 Å². The van der Waals surface area contributed by atoms with Crippen molar-refractivity contribution in [1.29, 1.82) is 0 Å². The van der Waals surface area contributed by atoms with Gasteiger partial charge in [0.15, 0.2) is 6.10 Å². The van der Waals surface area contributed by atoms with Crippen molar-refractivity contribution in [3.8, 4) is 16.3 Å². The highest BCUT2D eigenvalue weighted by molar-refractivity contribution is 7.98. The lowest BCUT2D eigenvalue weighted by molar-refractivity contribution is -0.150. The maximum Gasteiger partial charge on any atom is 0.416 e. The summed E-state index contributed by atoms with van der Waals surface area (Å²) in [5.41, 5.74) is 1.70. The van der Waals surface area contributed by atoms with Crippen LogP contribution >= 0.6 is 23.1 Å². The van der Waals surface area contributed by atoms with E-state index in [1.807, 2.05) is 36.9 Å². The van der Waals surface area contributed by atoms with Crippen molar-refractivity contribution < 1.29 is 32.2 Å². The minimum Gasteiger partial charge on any atom is -0.479 e. The molecule has 13 heteroatoms. The molecule has 0 spiro atoms. The fraction of sp³-hybridized carbons (Fsp3) is 0.469. The minimum atomic E-state index is -4.40. The smallest absolute Gasteiger partial charge is 0.416 e. The largest absolute Gasteiger partial charge is 0.479 e. The van der Waals surface area contributed by atoms with E-state index in [4.69, 9.17) is 14.5 Å². The van der Waals surface area contributed by atoms with E-state index in [0.717, 1.165) is 39.6 Å². The number of carbonyl (C=O) groups excluding carboxylic acids is 2. The number of nitrogens with one attached hydrogen (secondary N) is 1. The molecular formula is C32H39F3N4O4S2. The molecule has 1 aromatic heterocycles. The predicted molar refractivity (Wildman–Crippen MR) is 171 cm³/mol. The summed E-state index contributed by atoms with van der Waals surface area (Å²) in [7, 11) is 0. The van der Waals surface area contributed by atoms with Crippen LogP contribution in [0.3, 0.4) is 0 Å². The van der Waals surface area contributed by atoms with E-state index in [0.29, 0.717) is 61.3 Å². The Morgan fingerprint density at radius 1 is 1.09 bits per heavy atom. The molecule has 1 atom stereocenters. The van der Waals surface area contributed by atoms with Gasteiger partial charge in [-0.2, -0.15) is 13.2 Å². The Morgan fingerprint density at radius 2 is 1.80 bits per heavy atom. The number of benzene rings is 2. The molecule has 244 valence electrons. The van der Waals surface area contributed by atoms with E-state index >= 15 is 0 Å². The van der Waals surface area contributed by atoms with E-state index in [2.05, 4.69) is 10.2 Å². The second kappa shape index (κ2) is 15.8. The van der Waals surface area contributed by atoms with Gasteiger partial charge in [-0.05, 0) is 63.1 Å². The number of alkyl halides is 3. The number of halogens is 3. The normalized spacial score (nSPS) is 14.7. The van der Waals surface area contributed by atoms with Crippen molar-refractivity contribution in [1.82, 2.24) is 20.1 Å². The number of hydrogen-bond acceptors (Lipinski definition) is 8. The van der Waals surface area contributed by atoms with Crippen LogP contribution in [-0.4, -0.2) is 72.2 Å². The molecule has 0 bridgehead atoms. The van der Waals surface area contributed by atoms with Gasteiger partial charge in [0, 0.05) is 60.4 Å². The molecule has 0 radical (unpaired) electrons. The first-order valence-corrected chi connectivity index (χ1v) is 16.8. The summed E-state index contributed by atoms with van der Waals surface area (Å²) in [4.78, 5) is 35.4. The molecule has 45 heavy (non-hydrogen) atoms. The molecule has 2 aromatic carbocycles. The summed E-state index contributed by atoms with van der Waals surface area (Å²) in [6.07, 6.45) is -4.25. The van der Waals surface area contributed by atoms with Gasteiger partial charge in [-0.25, -0.2) is 14.6 Å². The zero-order valence-electron chi connectivity index (χ0n) is 25.9. The molecule has 8 nitrogen and oxygen atoms in total. The Bertz CT molecular complexity index is 1440. The molecule has 0 aliphatic carbocycles. The highest BCUT2D eigenvalue weighted by atomic mass is 32.2. The van der Waals surface area contributed by atoms with Gasteiger partial charge in [0.05, 0.1) is 17.9 Å². The molecule has 1 aliphatic rings. The summed E-state index contributed by atoms with van der Waals surface area (Å²) in [5, 5.41) is 3.59. The van der Waals surface area contributed by atoms with Gasteiger partial charge < -0.3 is 19.7 Å². The molecule has 0 saturated carbocycles. The van der Waals surface area contributed by atoms with Gasteiger partial charge in [-0.15, -0.1) is 23.1 Å². The Balaban J connectivity index is 1.48. The van der Waals surface area contributed by atoms with Gasteiger partial charge in [-0.3, -0.25) is 4.90 Å². The van der Waals surface area contributed by atoms with Crippen LogP contribution < -0.4 is 10.1 Å². The van der Waals surface area contributed by atoms with E-state index in [-0.39, 0.29) is 12.6 Å². The van der Waals surface area contributed by atoms with E-state index in [9.17, 15) is 22.8 Å². The van der Waals surface area contributed by atoms with Crippen LogP contribution in [0.25, 0.3) is 10.6 Å². The number of amides is 2. The number of nitrogens with zero attached hydrogens (tertiary/aromatic N) is 3. The molecule has 3 aromatic rings. The Morgan fingerprint density at radius 3 is 2.42 bits per heavy atom. The number of thiazole rings is 1. The van der Waals surface area contributed by atoms with Crippen LogP contribution in [-0.2, 0) is 28.0 Å². The lowest BCUT2D eigenvalue weighted by Crippen LogP contribution is -2.51. The number of ether oxygens (including phenoxy) is 2. The average molecular weight is 665 g/mol. The number of esters is 1. The summed E-state index contributed by atoms with van der Waals surface area (Å²) >= 11 is 3.11. The summed E-state index contributed by atoms with van der Waals surface area (Å²) in [5.74, 6) is 0.801. The topological polar surface area (TPSA) is 84.0 Å². The quantitative estimate of drug-likeness (QED) is 0.165. The molecular weight excluding hydrogens is 626 g/mol. The van der Waals surface area contributed by atoms with Gasteiger partial charge >= 0.3 is 18.2 Å². The fourth-order valence-electron chi connectivity index (χ4n) is 4.70. The SMILES string of the molecule is CCCNC(=O)N1CCN(Cc2nc(-c3ccc(C(F)(F)F)cc3)sc2CSc2ccc(OC(C)C(=O)OCC)c(C)c2)CC1. The number of rotatable bonds is 12. The number of hydrogen-bond donors (Lipinski definition) is 1. The second-order valence-electron chi connectivity index (χ2n) is 10.7. The Labute approximate surface area is 270 Å². The summed E-state index contributed by atoms with van der Waals surface area (Å²) < 4.78 is 50.3. The van der Waals surface area contributed by atoms with Crippen molar-refractivity contribution in [2.75, 3.05) is 39.3 Å². The van der Waals surface area contributed by atoms with Gasteiger partial charge in [0.1, 0.15) is 10.8 Å². The average Bonchev–Trinajstić information content (AvgIpc) is 3.42. The van der Waals surface area contributed by atoms with Gasteiger partial charge in [0.25, 0.3) is 0 Å². The zero-order chi connectivity index (χ0) is 32.6. The molecule has 1 fully saturated rings. The number of carbonyl (C=O) groups is 2. The molecule has 1 N–H and O–H groups in total. The molecule has 2 heterocycles. The number of thioether (sulfide) groups is 1. The number of aromatic nitrogens is 1. The third-order valence-corrected chi connectivity index (χ3v) is 9.58. The first-order valence-electron chi connectivity index (χ1n) is 15.0. The molecule has 1 unspecified atom stereocenters. The number of piperazine rings is 1. The fourth-order valence-corrected chi connectivity index (χ4v) is 6.87. The van der Waals surface area contributed by atoms with Crippen LogP contribution in [0.4, 0.5) is 18.0 Å². The highest BCUT2D eigenvalue weighted by Gasteiger charge is 2.30. The maximum absolute atomic E-state index is 13.2. The zero-order valence-corrected chi connectivity index (χ0v) is 27.5. The lowest BCUT2D eigenvalue weighted by Gasteiger charge is -2.34. The van der Waals surface area contributed by atoms with E-state index in [1.165, 1.54) is 23.5 Å². The Hall–Kier alpha value is -3.29. The van der Waals surface area contributed by atoms with E-state index in [1.54, 1.807) is 25.6 Å². The standard InChI is InChI=1S/C32H39F3N4O4S2/c1-5-13-36-31(41)39-16-14-38(15-17-39)19-26-28(45-29(37-26)23-7-9-24(10-8-23)32(33,34)35)20-44-25-11-12-27(21(3)18-25)43-22(4)30(40)42-6-2/h7-12,18,22H,5-6,13-17,19-20H2,1-4H3,(H,36,41).